The number of halogens is 2. The van der Waals surface area contributed by atoms with E-state index >= 15 is 0 Å². The smallest absolute Gasteiger partial charge is 0.220 e. The van der Waals surface area contributed by atoms with Gasteiger partial charge in [0, 0.05) is 10.7 Å². The Morgan fingerprint density at radius 1 is 1.27 bits per heavy atom. The molecule has 4 nitrogen and oxygen atoms in total. The van der Waals surface area contributed by atoms with Crippen LogP contribution < -0.4 is 5.32 Å². The van der Waals surface area contributed by atoms with Gasteiger partial charge in [0.25, 0.3) is 0 Å². The van der Waals surface area contributed by atoms with Crippen molar-refractivity contribution in [2.45, 2.75) is 6.10 Å². The van der Waals surface area contributed by atoms with Crippen molar-refractivity contribution in [3.05, 3.63) is 64.4 Å². The summed E-state index contributed by atoms with van der Waals surface area (Å²) in [4.78, 5) is 4.25. The van der Waals surface area contributed by atoms with Gasteiger partial charge in [0.1, 0.15) is 25.2 Å². The molecule has 6 heteroatoms. The highest BCUT2D eigenvalue weighted by Gasteiger charge is 2.17. The maximum atomic E-state index is 12.9. The van der Waals surface area contributed by atoms with Crippen molar-refractivity contribution in [2.24, 2.45) is 4.99 Å². The first-order valence-corrected chi connectivity index (χ1v) is 7.16. The summed E-state index contributed by atoms with van der Waals surface area (Å²) in [5, 5.41) is 13.8. The van der Waals surface area contributed by atoms with Crippen LogP contribution in [0, 0.1) is 5.82 Å². The van der Waals surface area contributed by atoms with Gasteiger partial charge in [-0.1, -0.05) is 23.7 Å². The van der Waals surface area contributed by atoms with Crippen molar-refractivity contribution in [1.82, 2.24) is 0 Å². The van der Waals surface area contributed by atoms with Gasteiger partial charge in [-0.05, 0) is 35.9 Å². The zero-order chi connectivity index (χ0) is 15.5. The van der Waals surface area contributed by atoms with Crippen LogP contribution in [-0.2, 0) is 4.74 Å². The van der Waals surface area contributed by atoms with E-state index in [1.807, 2.05) is 6.07 Å². The Kier molecular flexibility index (Phi) is 4.27. The second kappa shape index (κ2) is 6.34. The minimum Gasteiger partial charge on any atom is -0.474 e. The molecule has 1 heterocycles. The van der Waals surface area contributed by atoms with Gasteiger partial charge in [-0.15, -0.1) is 0 Å². The number of aliphatic imine (C=N–C) groups is 1. The summed E-state index contributed by atoms with van der Waals surface area (Å²) in [6.45, 7) is 0.419. The molecule has 0 saturated carbocycles. The number of aliphatic hydroxyl groups is 1. The average Bonchev–Trinajstić information content (AvgIpc) is 2.52. The number of nitrogens with one attached hydrogen (secondary N) is 1. The third-order valence-corrected chi connectivity index (χ3v) is 3.57. The molecule has 2 aromatic carbocycles. The Morgan fingerprint density at radius 3 is 2.82 bits per heavy atom. The normalized spacial score (nSPS) is 14.6. The molecular formula is C16H14ClFN2O2. The van der Waals surface area contributed by atoms with E-state index in [0.29, 0.717) is 23.2 Å². The molecule has 114 valence electrons. The van der Waals surface area contributed by atoms with Crippen LogP contribution in [0.2, 0.25) is 5.02 Å². The van der Waals surface area contributed by atoms with Crippen molar-refractivity contribution in [2.75, 3.05) is 18.6 Å². The highest BCUT2D eigenvalue weighted by molar-refractivity contribution is 6.31. The van der Waals surface area contributed by atoms with Gasteiger partial charge in [0.2, 0.25) is 5.90 Å². The number of rotatable bonds is 3. The maximum absolute atomic E-state index is 12.9. The van der Waals surface area contributed by atoms with E-state index in [0.717, 1.165) is 11.3 Å². The molecule has 2 aromatic rings. The second-order valence-electron chi connectivity index (χ2n) is 4.87. The summed E-state index contributed by atoms with van der Waals surface area (Å²) in [5.74, 6) is 0.108. The van der Waals surface area contributed by atoms with Crippen molar-refractivity contribution < 1.29 is 14.2 Å². The van der Waals surface area contributed by atoms with Crippen LogP contribution in [0.1, 0.15) is 17.2 Å². The predicted octanol–water partition coefficient (Wildman–Crippen LogP) is 3.36. The quantitative estimate of drug-likeness (QED) is 0.911. The van der Waals surface area contributed by atoms with Gasteiger partial charge < -0.3 is 15.2 Å². The van der Waals surface area contributed by atoms with Gasteiger partial charge in [0.15, 0.2) is 0 Å². The Bertz CT molecular complexity index is 704. The first kappa shape index (κ1) is 14.8. The lowest BCUT2D eigenvalue weighted by Gasteiger charge is -2.20. The third kappa shape index (κ3) is 3.21. The molecule has 0 spiro atoms. The zero-order valence-electron chi connectivity index (χ0n) is 11.6. The summed E-state index contributed by atoms with van der Waals surface area (Å²) >= 11 is 5.95. The van der Waals surface area contributed by atoms with E-state index in [1.165, 1.54) is 24.3 Å². The third-order valence-electron chi connectivity index (χ3n) is 3.34. The lowest BCUT2D eigenvalue weighted by atomic mass is 10.1. The molecule has 1 atom stereocenters. The molecule has 2 N–H and O–H groups in total. The van der Waals surface area contributed by atoms with Crippen molar-refractivity contribution in [3.8, 4) is 0 Å². The molecule has 1 unspecified atom stereocenters. The van der Waals surface area contributed by atoms with E-state index < -0.39 is 6.10 Å². The largest absolute Gasteiger partial charge is 0.474 e. The number of anilines is 1. The van der Waals surface area contributed by atoms with Crippen LogP contribution in [-0.4, -0.2) is 24.3 Å². The van der Waals surface area contributed by atoms with Crippen molar-refractivity contribution in [3.63, 3.8) is 0 Å². The Labute approximate surface area is 132 Å². The predicted molar refractivity (Wildman–Crippen MR) is 83.8 cm³/mol. The van der Waals surface area contributed by atoms with Gasteiger partial charge in [-0.3, -0.25) is 0 Å². The Morgan fingerprint density at radius 2 is 2.05 bits per heavy atom. The SMILES string of the molecule is OC(COC1=NCNc2cc(Cl)ccc21)c1ccc(F)cc1. The molecule has 3 rings (SSSR count). The molecule has 0 amide bonds. The van der Waals surface area contributed by atoms with Crippen molar-refractivity contribution >= 4 is 23.2 Å². The molecule has 0 bridgehead atoms. The van der Waals surface area contributed by atoms with Crippen LogP contribution in [0.15, 0.2) is 47.5 Å². The highest BCUT2D eigenvalue weighted by atomic mass is 35.5. The molecular weight excluding hydrogens is 307 g/mol. The number of fused-ring (bicyclic) bond motifs is 1. The lowest BCUT2D eigenvalue weighted by Crippen LogP contribution is -2.20. The fourth-order valence-electron chi connectivity index (χ4n) is 2.19. The first-order chi connectivity index (χ1) is 10.6. The Hall–Kier alpha value is -2.11. The first-order valence-electron chi connectivity index (χ1n) is 6.78. The van der Waals surface area contributed by atoms with Crippen LogP contribution in [0.3, 0.4) is 0 Å². The minimum absolute atomic E-state index is 0.0343. The molecule has 0 saturated heterocycles. The van der Waals surface area contributed by atoms with Gasteiger partial charge in [-0.25, -0.2) is 9.38 Å². The number of hydrogen-bond donors (Lipinski definition) is 2. The summed E-state index contributed by atoms with van der Waals surface area (Å²) in [6.07, 6.45) is -0.853. The number of nitrogens with zero attached hydrogens (tertiary/aromatic N) is 1. The van der Waals surface area contributed by atoms with E-state index in [2.05, 4.69) is 10.3 Å². The molecule has 0 fully saturated rings. The summed E-state index contributed by atoms with van der Waals surface area (Å²) < 4.78 is 18.5. The topological polar surface area (TPSA) is 53.9 Å². The average molecular weight is 321 g/mol. The fraction of sp³-hybridized carbons (Fsp3) is 0.188. The van der Waals surface area contributed by atoms with E-state index in [1.54, 1.807) is 12.1 Å². The van der Waals surface area contributed by atoms with Gasteiger partial charge >= 0.3 is 0 Å². The van der Waals surface area contributed by atoms with Crippen LogP contribution in [0.4, 0.5) is 10.1 Å². The number of hydrogen-bond acceptors (Lipinski definition) is 4. The Balaban J connectivity index is 1.69. The molecule has 1 aliphatic rings. The van der Waals surface area contributed by atoms with Crippen LogP contribution in [0.25, 0.3) is 0 Å². The number of benzene rings is 2. The van der Waals surface area contributed by atoms with E-state index in [4.69, 9.17) is 16.3 Å². The number of ether oxygens (including phenoxy) is 1. The molecule has 0 radical (unpaired) electrons. The summed E-state index contributed by atoms with van der Waals surface area (Å²) in [6, 6.07) is 11.0. The summed E-state index contributed by atoms with van der Waals surface area (Å²) in [7, 11) is 0. The molecule has 1 aliphatic heterocycles. The molecule has 0 aromatic heterocycles. The fourth-order valence-corrected chi connectivity index (χ4v) is 2.37. The minimum atomic E-state index is -0.853. The van der Waals surface area contributed by atoms with Crippen LogP contribution >= 0.6 is 11.6 Å². The monoisotopic (exact) mass is 320 g/mol. The maximum Gasteiger partial charge on any atom is 0.220 e. The molecule has 0 aliphatic carbocycles. The lowest BCUT2D eigenvalue weighted by molar-refractivity contribution is 0.102. The van der Waals surface area contributed by atoms with Crippen molar-refractivity contribution in [1.29, 1.82) is 0 Å². The standard InChI is InChI=1S/C16H14ClFN2O2/c17-11-3-6-13-14(7-11)19-9-20-16(13)22-8-15(21)10-1-4-12(18)5-2-10/h1-7,15,19,21H,8-9H2. The number of aliphatic hydroxyl groups excluding tert-OH is 1. The van der Waals surface area contributed by atoms with Gasteiger partial charge in [0.05, 0.1) is 5.56 Å². The molecule has 22 heavy (non-hydrogen) atoms. The van der Waals surface area contributed by atoms with E-state index in [-0.39, 0.29) is 12.4 Å². The highest BCUT2D eigenvalue weighted by Crippen LogP contribution is 2.25. The zero-order valence-corrected chi connectivity index (χ0v) is 12.3. The van der Waals surface area contributed by atoms with Crippen LogP contribution in [0.5, 0.6) is 0 Å². The summed E-state index contributed by atoms with van der Waals surface area (Å²) in [5.41, 5.74) is 2.22. The van der Waals surface area contributed by atoms with E-state index in [9.17, 15) is 9.50 Å². The van der Waals surface area contributed by atoms with Gasteiger partial charge in [-0.2, -0.15) is 0 Å². The second-order valence-corrected chi connectivity index (χ2v) is 5.30.